The van der Waals surface area contributed by atoms with Crippen molar-refractivity contribution < 1.29 is 14.4 Å². The summed E-state index contributed by atoms with van der Waals surface area (Å²) >= 11 is 0. The van der Waals surface area contributed by atoms with E-state index >= 15 is 0 Å². The largest absolute Gasteiger partial charge is 0.311 e. The summed E-state index contributed by atoms with van der Waals surface area (Å²) in [6.45, 7) is 5.07. The van der Waals surface area contributed by atoms with Gasteiger partial charge in [0.2, 0.25) is 5.91 Å². The Hall–Kier alpha value is -3.48. The van der Waals surface area contributed by atoms with Crippen molar-refractivity contribution in [1.29, 1.82) is 0 Å². The van der Waals surface area contributed by atoms with Crippen LogP contribution in [0.3, 0.4) is 0 Å². The van der Waals surface area contributed by atoms with Crippen LogP contribution in [0.25, 0.3) is 10.8 Å². The molecule has 7 nitrogen and oxygen atoms in total. The lowest BCUT2D eigenvalue weighted by molar-refractivity contribution is -0.116. The van der Waals surface area contributed by atoms with Gasteiger partial charge in [0.15, 0.2) is 0 Å². The molecule has 0 bridgehead atoms. The number of nitrogens with one attached hydrogen (secondary N) is 1. The minimum atomic E-state index is -0.306. The second-order valence-electron chi connectivity index (χ2n) is 7.92. The number of amides is 3. The Bertz CT molecular complexity index is 1080. The summed E-state index contributed by atoms with van der Waals surface area (Å²) in [6, 6.07) is 12.7. The molecule has 0 spiro atoms. The van der Waals surface area contributed by atoms with Crippen LogP contribution < -0.4 is 5.32 Å². The lowest BCUT2D eigenvalue weighted by Gasteiger charge is -2.27. The number of anilines is 1. The maximum atomic E-state index is 12.9. The van der Waals surface area contributed by atoms with Gasteiger partial charge in [-0.3, -0.25) is 19.3 Å². The van der Waals surface area contributed by atoms with Gasteiger partial charge in [-0.25, -0.2) is 4.68 Å². The molecule has 0 unspecified atom stereocenters. The van der Waals surface area contributed by atoms with Crippen molar-refractivity contribution in [2.24, 2.45) is 5.92 Å². The Labute approximate surface area is 174 Å². The van der Waals surface area contributed by atoms with E-state index in [2.05, 4.69) is 24.3 Å². The fourth-order valence-corrected chi connectivity index (χ4v) is 3.82. The summed E-state index contributed by atoms with van der Waals surface area (Å²) in [5.41, 5.74) is 1.06. The second-order valence-corrected chi connectivity index (χ2v) is 7.92. The average molecular weight is 404 g/mol. The summed E-state index contributed by atoms with van der Waals surface area (Å²) < 4.78 is 1.76. The number of carbonyl (C=O) groups excluding carboxylic acids is 3. The molecular weight excluding hydrogens is 380 g/mol. The molecule has 0 saturated heterocycles. The van der Waals surface area contributed by atoms with E-state index in [4.69, 9.17) is 0 Å². The van der Waals surface area contributed by atoms with E-state index in [1.165, 1.54) is 4.90 Å². The smallest absolute Gasteiger partial charge is 0.261 e. The van der Waals surface area contributed by atoms with Gasteiger partial charge < -0.3 is 5.32 Å². The van der Waals surface area contributed by atoms with Crippen LogP contribution in [0.5, 0.6) is 0 Å². The monoisotopic (exact) mass is 404 g/mol. The summed E-state index contributed by atoms with van der Waals surface area (Å²) in [6.07, 6.45) is 2.25. The van der Waals surface area contributed by atoms with Gasteiger partial charge in [-0.05, 0) is 29.9 Å². The molecule has 1 aliphatic rings. The van der Waals surface area contributed by atoms with Crippen molar-refractivity contribution in [2.75, 3.05) is 11.9 Å². The summed E-state index contributed by atoms with van der Waals surface area (Å²) in [5, 5.41) is 8.68. The highest BCUT2D eigenvalue weighted by atomic mass is 16.2. The van der Waals surface area contributed by atoms with Crippen molar-refractivity contribution in [1.82, 2.24) is 14.7 Å². The van der Waals surface area contributed by atoms with Crippen LogP contribution in [0.2, 0.25) is 0 Å². The molecular formula is C23H24N4O3. The van der Waals surface area contributed by atoms with Gasteiger partial charge in [-0.2, -0.15) is 5.10 Å². The molecule has 7 heteroatoms. The minimum Gasteiger partial charge on any atom is -0.311 e. The highest BCUT2D eigenvalue weighted by Crippen LogP contribution is 2.30. The van der Waals surface area contributed by atoms with Crippen LogP contribution >= 0.6 is 0 Å². The Morgan fingerprint density at radius 3 is 2.33 bits per heavy atom. The fraction of sp³-hybridized carbons (Fsp3) is 0.304. The van der Waals surface area contributed by atoms with Crippen molar-refractivity contribution in [3.63, 3.8) is 0 Å². The molecule has 1 aromatic heterocycles. The maximum Gasteiger partial charge on any atom is 0.261 e. The van der Waals surface area contributed by atoms with E-state index < -0.39 is 0 Å². The molecule has 1 aliphatic heterocycles. The molecule has 4 rings (SSSR count). The topological polar surface area (TPSA) is 84.3 Å². The maximum absolute atomic E-state index is 12.9. The molecule has 0 aliphatic carbocycles. The zero-order chi connectivity index (χ0) is 21.3. The number of hydrogen-bond acceptors (Lipinski definition) is 4. The van der Waals surface area contributed by atoms with Gasteiger partial charge >= 0.3 is 0 Å². The standard InChI is InChI=1S/C23H24N4O3/c1-15(2)14-27-19(11-12-24-27)25-20(28)10-5-13-26-22(29)17-8-3-6-16-7-4-9-18(21(16)17)23(26)30/h3-4,6-9,11-12,15H,5,10,13-14H2,1-2H3,(H,25,28). The van der Waals surface area contributed by atoms with E-state index in [9.17, 15) is 14.4 Å². The first-order chi connectivity index (χ1) is 14.5. The number of hydrogen-bond donors (Lipinski definition) is 1. The normalized spacial score (nSPS) is 13.4. The van der Waals surface area contributed by atoms with Crippen LogP contribution in [0.1, 0.15) is 47.4 Å². The first kappa shape index (κ1) is 19.8. The van der Waals surface area contributed by atoms with Crippen LogP contribution in [-0.4, -0.2) is 38.9 Å². The number of rotatable bonds is 7. The number of aromatic nitrogens is 2. The highest BCUT2D eigenvalue weighted by molar-refractivity contribution is 6.25. The Balaban J connectivity index is 1.40. The fourth-order valence-electron chi connectivity index (χ4n) is 3.82. The lowest BCUT2D eigenvalue weighted by atomic mass is 9.94. The van der Waals surface area contributed by atoms with Gasteiger partial charge in [0.1, 0.15) is 5.82 Å². The lowest BCUT2D eigenvalue weighted by Crippen LogP contribution is -2.41. The molecule has 2 aromatic carbocycles. The zero-order valence-electron chi connectivity index (χ0n) is 17.1. The van der Waals surface area contributed by atoms with Gasteiger partial charge in [0.25, 0.3) is 11.8 Å². The van der Waals surface area contributed by atoms with Crippen LogP contribution in [-0.2, 0) is 11.3 Å². The molecule has 3 aromatic rings. The van der Waals surface area contributed by atoms with E-state index in [1.54, 1.807) is 29.1 Å². The third-order valence-electron chi connectivity index (χ3n) is 5.16. The van der Waals surface area contributed by atoms with E-state index in [1.807, 2.05) is 24.3 Å². The van der Waals surface area contributed by atoms with Gasteiger partial charge in [-0.1, -0.05) is 38.1 Å². The first-order valence-electron chi connectivity index (χ1n) is 10.2. The Morgan fingerprint density at radius 2 is 1.70 bits per heavy atom. The van der Waals surface area contributed by atoms with Gasteiger partial charge in [0, 0.05) is 42.1 Å². The molecule has 0 atom stereocenters. The van der Waals surface area contributed by atoms with E-state index in [0.29, 0.717) is 41.2 Å². The van der Waals surface area contributed by atoms with Crippen LogP contribution in [0, 0.1) is 5.92 Å². The molecule has 1 N–H and O–H groups in total. The van der Waals surface area contributed by atoms with Crippen molar-refractivity contribution in [2.45, 2.75) is 33.2 Å². The number of imide groups is 1. The molecule has 0 saturated carbocycles. The quantitative estimate of drug-likeness (QED) is 0.609. The van der Waals surface area contributed by atoms with Gasteiger partial charge in [-0.15, -0.1) is 0 Å². The average Bonchev–Trinajstić information content (AvgIpc) is 3.14. The number of nitrogens with zero attached hydrogens (tertiary/aromatic N) is 3. The van der Waals surface area contributed by atoms with Crippen molar-refractivity contribution in [3.8, 4) is 0 Å². The van der Waals surface area contributed by atoms with E-state index in [-0.39, 0.29) is 30.7 Å². The van der Waals surface area contributed by atoms with Crippen LogP contribution in [0.4, 0.5) is 5.82 Å². The highest BCUT2D eigenvalue weighted by Gasteiger charge is 2.32. The molecule has 154 valence electrons. The summed E-state index contributed by atoms with van der Waals surface area (Å²) in [7, 11) is 0. The SMILES string of the molecule is CC(C)Cn1nccc1NC(=O)CCCN1C(=O)c2cccc3cccc(c23)C1=O. The Morgan fingerprint density at radius 1 is 1.03 bits per heavy atom. The van der Waals surface area contributed by atoms with E-state index in [0.717, 1.165) is 5.39 Å². The molecule has 3 amide bonds. The molecule has 30 heavy (non-hydrogen) atoms. The van der Waals surface area contributed by atoms with Crippen LogP contribution in [0.15, 0.2) is 48.7 Å². The predicted molar refractivity (Wildman–Crippen MR) is 114 cm³/mol. The summed E-state index contributed by atoms with van der Waals surface area (Å²) in [4.78, 5) is 39.4. The molecule has 0 radical (unpaired) electrons. The second kappa shape index (κ2) is 8.10. The minimum absolute atomic E-state index is 0.167. The first-order valence-corrected chi connectivity index (χ1v) is 10.2. The van der Waals surface area contributed by atoms with Crippen molar-refractivity contribution >= 4 is 34.3 Å². The molecule has 0 fully saturated rings. The Kier molecular flexibility index (Phi) is 5.35. The number of carbonyl (C=O) groups is 3. The number of benzene rings is 2. The third kappa shape index (κ3) is 3.70. The zero-order valence-corrected chi connectivity index (χ0v) is 17.1. The van der Waals surface area contributed by atoms with Crippen molar-refractivity contribution in [3.05, 3.63) is 59.8 Å². The summed E-state index contributed by atoms with van der Waals surface area (Å²) in [5.74, 6) is 0.280. The molecule has 2 heterocycles. The third-order valence-corrected chi connectivity index (χ3v) is 5.16. The van der Waals surface area contributed by atoms with Gasteiger partial charge in [0.05, 0.1) is 6.20 Å². The predicted octanol–water partition coefficient (Wildman–Crippen LogP) is 3.71.